The number of halogens is 1. The number of hydrogen-bond acceptors (Lipinski definition) is 2. The highest BCUT2D eigenvalue weighted by atomic mass is 35.5. The van der Waals surface area contributed by atoms with E-state index >= 15 is 0 Å². The summed E-state index contributed by atoms with van der Waals surface area (Å²) in [5.74, 6) is 1.86. The summed E-state index contributed by atoms with van der Waals surface area (Å²) in [6, 6.07) is 6.31. The molecule has 2 N–H and O–H groups in total. The van der Waals surface area contributed by atoms with E-state index < -0.39 is 0 Å². The van der Waals surface area contributed by atoms with Crippen LogP contribution >= 0.6 is 11.6 Å². The molecule has 1 saturated carbocycles. The van der Waals surface area contributed by atoms with Crippen LogP contribution in [-0.2, 0) is 0 Å². The first-order valence-electron chi connectivity index (χ1n) is 7.42. The molecule has 0 aromatic heterocycles. The molecule has 2 rings (SSSR count). The van der Waals surface area contributed by atoms with Gasteiger partial charge in [0.15, 0.2) is 0 Å². The van der Waals surface area contributed by atoms with Crippen LogP contribution in [-0.4, -0.2) is 13.2 Å². The van der Waals surface area contributed by atoms with Crippen LogP contribution < -0.4 is 10.5 Å². The fourth-order valence-electron chi connectivity index (χ4n) is 3.27. The Balaban J connectivity index is 2.25. The van der Waals surface area contributed by atoms with Crippen molar-refractivity contribution in [2.45, 2.75) is 52.0 Å². The SMILES string of the molecule is COc1cc(C2CC(C(C)(C)C)CCC2N)ccc1Cl. The highest BCUT2D eigenvalue weighted by Gasteiger charge is 2.35. The summed E-state index contributed by atoms with van der Waals surface area (Å²) < 4.78 is 5.33. The van der Waals surface area contributed by atoms with Gasteiger partial charge >= 0.3 is 0 Å². The van der Waals surface area contributed by atoms with Gasteiger partial charge in [0.05, 0.1) is 12.1 Å². The van der Waals surface area contributed by atoms with Gasteiger partial charge in [-0.3, -0.25) is 0 Å². The summed E-state index contributed by atoms with van der Waals surface area (Å²) in [7, 11) is 1.66. The lowest BCUT2D eigenvalue weighted by Gasteiger charge is -2.41. The maximum atomic E-state index is 6.37. The zero-order chi connectivity index (χ0) is 14.9. The van der Waals surface area contributed by atoms with E-state index in [0.717, 1.165) is 18.6 Å². The van der Waals surface area contributed by atoms with Crippen LogP contribution in [0.25, 0.3) is 0 Å². The molecule has 0 spiro atoms. The predicted octanol–water partition coefficient (Wildman–Crippen LogP) is 4.61. The third-order valence-corrected chi connectivity index (χ3v) is 5.04. The molecule has 0 bridgehead atoms. The van der Waals surface area contributed by atoms with Crippen LogP contribution in [0.1, 0.15) is 51.5 Å². The smallest absolute Gasteiger partial charge is 0.137 e. The van der Waals surface area contributed by atoms with Crippen LogP contribution in [0, 0.1) is 11.3 Å². The van der Waals surface area contributed by atoms with Crippen LogP contribution in [0.5, 0.6) is 5.75 Å². The van der Waals surface area contributed by atoms with Gasteiger partial charge in [0.1, 0.15) is 5.75 Å². The molecule has 0 radical (unpaired) electrons. The van der Waals surface area contributed by atoms with E-state index in [4.69, 9.17) is 22.1 Å². The Kier molecular flexibility index (Phi) is 4.66. The second-order valence-electron chi connectivity index (χ2n) is 7.04. The number of hydrogen-bond donors (Lipinski definition) is 1. The quantitative estimate of drug-likeness (QED) is 0.865. The van der Waals surface area contributed by atoms with Crippen LogP contribution in [0.4, 0.5) is 0 Å². The van der Waals surface area contributed by atoms with Gasteiger partial charge in [0, 0.05) is 6.04 Å². The van der Waals surface area contributed by atoms with E-state index in [1.807, 2.05) is 6.07 Å². The third kappa shape index (κ3) is 3.29. The second kappa shape index (κ2) is 5.95. The van der Waals surface area contributed by atoms with Gasteiger partial charge in [-0.2, -0.15) is 0 Å². The Bertz CT molecular complexity index is 467. The van der Waals surface area contributed by atoms with Gasteiger partial charge in [-0.05, 0) is 54.2 Å². The van der Waals surface area contributed by atoms with E-state index in [1.54, 1.807) is 7.11 Å². The highest BCUT2D eigenvalue weighted by molar-refractivity contribution is 6.32. The Labute approximate surface area is 127 Å². The zero-order valence-corrected chi connectivity index (χ0v) is 13.7. The monoisotopic (exact) mass is 295 g/mol. The molecule has 1 aliphatic carbocycles. The van der Waals surface area contributed by atoms with Gasteiger partial charge in [0.25, 0.3) is 0 Å². The summed E-state index contributed by atoms with van der Waals surface area (Å²) in [5, 5.41) is 0.660. The van der Waals surface area contributed by atoms with E-state index in [9.17, 15) is 0 Å². The molecule has 3 atom stereocenters. The van der Waals surface area contributed by atoms with Gasteiger partial charge in [-0.15, -0.1) is 0 Å². The minimum absolute atomic E-state index is 0.236. The molecule has 0 aliphatic heterocycles. The largest absolute Gasteiger partial charge is 0.495 e. The second-order valence-corrected chi connectivity index (χ2v) is 7.45. The van der Waals surface area contributed by atoms with Crippen molar-refractivity contribution < 1.29 is 4.74 Å². The molecule has 3 unspecified atom stereocenters. The average Bonchev–Trinajstić information content (AvgIpc) is 2.39. The molecule has 112 valence electrons. The highest BCUT2D eigenvalue weighted by Crippen LogP contribution is 2.44. The molecular weight excluding hydrogens is 270 g/mol. The standard InChI is InChI=1S/C17H26ClNO/c1-17(2,3)12-6-8-15(19)13(10-12)11-5-7-14(18)16(9-11)20-4/h5,7,9,12-13,15H,6,8,10,19H2,1-4H3. The van der Waals surface area contributed by atoms with Gasteiger partial charge in [-0.25, -0.2) is 0 Å². The van der Waals surface area contributed by atoms with Crippen molar-refractivity contribution in [2.24, 2.45) is 17.1 Å². The van der Waals surface area contributed by atoms with E-state index in [2.05, 4.69) is 32.9 Å². The summed E-state index contributed by atoms with van der Waals surface area (Å²) in [4.78, 5) is 0. The van der Waals surface area contributed by atoms with Crippen LogP contribution in [0.2, 0.25) is 5.02 Å². The normalized spacial score (nSPS) is 27.4. The number of rotatable bonds is 2. The lowest BCUT2D eigenvalue weighted by molar-refractivity contribution is 0.154. The van der Waals surface area contributed by atoms with Gasteiger partial charge in [0.2, 0.25) is 0 Å². The first-order valence-corrected chi connectivity index (χ1v) is 7.79. The molecule has 0 heterocycles. The summed E-state index contributed by atoms with van der Waals surface area (Å²) in [5.41, 5.74) is 7.97. The summed E-state index contributed by atoms with van der Waals surface area (Å²) in [6.07, 6.45) is 3.47. The molecule has 3 heteroatoms. The fraction of sp³-hybridized carbons (Fsp3) is 0.647. The zero-order valence-electron chi connectivity index (χ0n) is 12.9. The van der Waals surface area contributed by atoms with Crippen molar-refractivity contribution in [3.05, 3.63) is 28.8 Å². The van der Waals surface area contributed by atoms with Crippen molar-refractivity contribution >= 4 is 11.6 Å². The first kappa shape index (κ1) is 15.7. The molecule has 2 nitrogen and oxygen atoms in total. The predicted molar refractivity (Wildman–Crippen MR) is 85.5 cm³/mol. The van der Waals surface area contributed by atoms with E-state index in [0.29, 0.717) is 22.3 Å². The molecule has 20 heavy (non-hydrogen) atoms. The van der Waals surface area contributed by atoms with Gasteiger partial charge < -0.3 is 10.5 Å². The van der Waals surface area contributed by atoms with Crippen molar-refractivity contribution in [1.29, 1.82) is 0 Å². The minimum Gasteiger partial charge on any atom is -0.495 e. The first-order chi connectivity index (χ1) is 9.32. The Morgan fingerprint density at radius 2 is 1.95 bits per heavy atom. The summed E-state index contributed by atoms with van der Waals surface area (Å²) >= 11 is 6.12. The molecular formula is C17H26ClNO. The van der Waals surface area contributed by atoms with Crippen molar-refractivity contribution in [3.8, 4) is 5.75 Å². The Morgan fingerprint density at radius 3 is 2.55 bits per heavy atom. The van der Waals surface area contributed by atoms with E-state index in [1.165, 1.54) is 12.0 Å². The molecule has 1 aliphatic rings. The summed E-state index contributed by atoms with van der Waals surface area (Å²) in [6.45, 7) is 6.98. The lowest BCUT2D eigenvalue weighted by atomic mass is 9.66. The van der Waals surface area contributed by atoms with Crippen molar-refractivity contribution in [1.82, 2.24) is 0 Å². The number of benzene rings is 1. The number of nitrogens with two attached hydrogens (primary N) is 1. The van der Waals surface area contributed by atoms with Crippen LogP contribution in [0.3, 0.4) is 0 Å². The minimum atomic E-state index is 0.236. The topological polar surface area (TPSA) is 35.2 Å². The van der Waals surface area contributed by atoms with Crippen molar-refractivity contribution in [3.63, 3.8) is 0 Å². The van der Waals surface area contributed by atoms with Gasteiger partial charge in [-0.1, -0.05) is 38.4 Å². The Morgan fingerprint density at radius 1 is 1.25 bits per heavy atom. The third-order valence-electron chi connectivity index (χ3n) is 4.73. The maximum Gasteiger partial charge on any atom is 0.137 e. The molecule has 1 aromatic rings. The Hall–Kier alpha value is -0.730. The van der Waals surface area contributed by atoms with Crippen LogP contribution in [0.15, 0.2) is 18.2 Å². The maximum absolute atomic E-state index is 6.37. The number of methoxy groups -OCH3 is 1. The molecule has 1 fully saturated rings. The number of ether oxygens (including phenoxy) is 1. The van der Waals surface area contributed by atoms with E-state index in [-0.39, 0.29) is 6.04 Å². The van der Waals surface area contributed by atoms with Crippen molar-refractivity contribution in [2.75, 3.05) is 7.11 Å². The lowest BCUT2D eigenvalue weighted by Crippen LogP contribution is -2.38. The molecule has 1 aromatic carbocycles. The fourth-order valence-corrected chi connectivity index (χ4v) is 3.47. The molecule has 0 saturated heterocycles. The molecule has 0 amide bonds. The average molecular weight is 296 g/mol.